The lowest BCUT2D eigenvalue weighted by Crippen LogP contribution is -2.32. The molecule has 5 rings (SSSR count). The van der Waals surface area contributed by atoms with E-state index in [0.29, 0.717) is 6.61 Å². The molecule has 2 atom stereocenters. The van der Waals surface area contributed by atoms with Gasteiger partial charge >= 0.3 is 0 Å². The summed E-state index contributed by atoms with van der Waals surface area (Å²) in [6.45, 7) is 5.36. The van der Waals surface area contributed by atoms with E-state index in [1.54, 1.807) is 12.1 Å². The molecule has 0 bridgehead atoms. The first-order valence-corrected chi connectivity index (χ1v) is 10.3. The maximum Gasteiger partial charge on any atom is 0.142 e. The number of aromatic hydroxyl groups is 1. The standard InChI is InChI=1S/C25H25NO3/c1-2-26-12-13-28-23-11-8-18(14-22(23)26)25-20-10-9-19(27)15-24(20)29-16-21(25)17-6-4-3-5-7-17/h3-11,14-15,21,25,27H,2,12-13,16H2,1H3/t21-,25+/m1/s1. The zero-order valence-electron chi connectivity index (χ0n) is 16.5. The number of anilines is 1. The molecule has 1 N–H and O–H groups in total. The molecule has 0 aromatic heterocycles. The summed E-state index contributed by atoms with van der Waals surface area (Å²) in [5.74, 6) is 2.30. The van der Waals surface area contributed by atoms with Crippen molar-refractivity contribution in [2.24, 2.45) is 0 Å². The van der Waals surface area contributed by atoms with Gasteiger partial charge in [0.2, 0.25) is 0 Å². The molecule has 2 aliphatic rings. The molecule has 0 saturated heterocycles. The number of fused-ring (bicyclic) bond motifs is 2. The predicted octanol–water partition coefficient (Wildman–Crippen LogP) is 4.92. The maximum absolute atomic E-state index is 9.95. The highest BCUT2D eigenvalue weighted by atomic mass is 16.5. The van der Waals surface area contributed by atoms with Gasteiger partial charge in [-0.1, -0.05) is 42.5 Å². The molecule has 3 aromatic rings. The molecule has 3 aromatic carbocycles. The van der Waals surface area contributed by atoms with E-state index in [0.717, 1.165) is 42.4 Å². The maximum atomic E-state index is 9.95. The first-order valence-electron chi connectivity index (χ1n) is 10.3. The van der Waals surface area contributed by atoms with Crippen molar-refractivity contribution in [1.82, 2.24) is 0 Å². The van der Waals surface area contributed by atoms with Crippen LogP contribution in [0, 0.1) is 0 Å². The van der Waals surface area contributed by atoms with Crippen molar-refractivity contribution in [2.45, 2.75) is 18.8 Å². The second-order valence-corrected chi connectivity index (χ2v) is 7.68. The van der Waals surface area contributed by atoms with Gasteiger partial charge in [0.25, 0.3) is 0 Å². The first kappa shape index (κ1) is 17.9. The van der Waals surface area contributed by atoms with Crippen molar-refractivity contribution in [1.29, 1.82) is 0 Å². The number of rotatable bonds is 3. The Labute approximate surface area is 171 Å². The number of phenolic OH excluding ortho intramolecular Hbond substituents is 1. The van der Waals surface area contributed by atoms with Crippen LogP contribution in [0.15, 0.2) is 66.7 Å². The van der Waals surface area contributed by atoms with Crippen LogP contribution >= 0.6 is 0 Å². The van der Waals surface area contributed by atoms with Gasteiger partial charge in [0, 0.05) is 30.0 Å². The molecular formula is C25H25NO3. The van der Waals surface area contributed by atoms with Crippen LogP contribution in [-0.2, 0) is 0 Å². The van der Waals surface area contributed by atoms with Gasteiger partial charge in [-0.05, 0) is 36.2 Å². The average Bonchev–Trinajstić information content (AvgIpc) is 2.78. The number of nitrogens with zero attached hydrogens (tertiary/aromatic N) is 1. The second-order valence-electron chi connectivity index (χ2n) is 7.68. The van der Waals surface area contributed by atoms with Gasteiger partial charge in [-0.3, -0.25) is 0 Å². The molecule has 0 fully saturated rings. The number of hydrogen-bond acceptors (Lipinski definition) is 4. The van der Waals surface area contributed by atoms with Crippen LogP contribution in [0.5, 0.6) is 17.2 Å². The summed E-state index contributed by atoms with van der Waals surface area (Å²) < 4.78 is 12.0. The van der Waals surface area contributed by atoms with E-state index < -0.39 is 0 Å². The predicted molar refractivity (Wildman–Crippen MR) is 114 cm³/mol. The van der Waals surface area contributed by atoms with Crippen molar-refractivity contribution in [3.8, 4) is 17.2 Å². The van der Waals surface area contributed by atoms with E-state index in [4.69, 9.17) is 9.47 Å². The molecule has 0 radical (unpaired) electrons. The molecule has 0 amide bonds. The molecular weight excluding hydrogens is 362 g/mol. The molecule has 0 unspecified atom stereocenters. The number of hydrogen-bond donors (Lipinski definition) is 1. The summed E-state index contributed by atoms with van der Waals surface area (Å²) in [5, 5.41) is 9.95. The number of ether oxygens (including phenoxy) is 2. The molecule has 4 heteroatoms. The van der Waals surface area contributed by atoms with Crippen LogP contribution in [-0.4, -0.2) is 31.4 Å². The highest BCUT2D eigenvalue weighted by Gasteiger charge is 2.34. The smallest absolute Gasteiger partial charge is 0.142 e. The SMILES string of the molecule is CCN1CCOc2ccc([C@H]3c4ccc(O)cc4OC[C@@H]3c3ccccc3)cc21. The van der Waals surface area contributed by atoms with E-state index in [9.17, 15) is 5.11 Å². The lowest BCUT2D eigenvalue weighted by Gasteiger charge is -2.36. The third-order valence-electron chi connectivity index (χ3n) is 6.06. The van der Waals surface area contributed by atoms with Gasteiger partial charge in [-0.25, -0.2) is 0 Å². The minimum atomic E-state index is 0.146. The highest BCUT2D eigenvalue weighted by molar-refractivity contribution is 5.63. The second kappa shape index (κ2) is 7.36. The van der Waals surface area contributed by atoms with Crippen LogP contribution in [0.2, 0.25) is 0 Å². The molecule has 0 spiro atoms. The van der Waals surface area contributed by atoms with Gasteiger partial charge in [-0.2, -0.15) is 0 Å². The quantitative estimate of drug-likeness (QED) is 0.693. The normalized spacial score (nSPS) is 20.2. The summed E-state index contributed by atoms with van der Waals surface area (Å²) in [6, 6.07) is 22.6. The molecule has 0 saturated carbocycles. The van der Waals surface area contributed by atoms with Crippen LogP contribution in [0.1, 0.15) is 35.4 Å². The fourth-order valence-electron chi connectivity index (χ4n) is 4.61. The lowest BCUT2D eigenvalue weighted by molar-refractivity contribution is 0.247. The molecule has 4 nitrogen and oxygen atoms in total. The van der Waals surface area contributed by atoms with Crippen LogP contribution < -0.4 is 14.4 Å². The Balaban J connectivity index is 1.65. The van der Waals surface area contributed by atoms with E-state index in [1.165, 1.54) is 11.1 Å². The van der Waals surface area contributed by atoms with E-state index >= 15 is 0 Å². The topological polar surface area (TPSA) is 41.9 Å². The molecule has 0 aliphatic carbocycles. The van der Waals surface area contributed by atoms with Crippen LogP contribution in [0.4, 0.5) is 5.69 Å². The third-order valence-corrected chi connectivity index (χ3v) is 6.06. The van der Waals surface area contributed by atoms with Crippen molar-refractivity contribution in [2.75, 3.05) is 31.2 Å². The average molecular weight is 387 g/mol. The Hall–Kier alpha value is -3.14. The largest absolute Gasteiger partial charge is 0.508 e. The monoisotopic (exact) mass is 387 g/mol. The van der Waals surface area contributed by atoms with E-state index in [1.807, 2.05) is 12.1 Å². The van der Waals surface area contributed by atoms with Crippen molar-refractivity contribution >= 4 is 5.69 Å². The fourth-order valence-corrected chi connectivity index (χ4v) is 4.61. The van der Waals surface area contributed by atoms with E-state index in [-0.39, 0.29) is 17.6 Å². The van der Waals surface area contributed by atoms with Crippen LogP contribution in [0.25, 0.3) is 0 Å². The van der Waals surface area contributed by atoms with Gasteiger partial charge in [0.15, 0.2) is 0 Å². The summed E-state index contributed by atoms with van der Waals surface area (Å²) >= 11 is 0. The highest BCUT2D eigenvalue weighted by Crippen LogP contribution is 2.48. The molecule has 29 heavy (non-hydrogen) atoms. The van der Waals surface area contributed by atoms with Crippen molar-refractivity contribution < 1.29 is 14.6 Å². The van der Waals surface area contributed by atoms with Gasteiger partial charge in [0.1, 0.15) is 23.9 Å². The fraction of sp³-hybridized carbons (Fsp3) is 0.280. The minimum Gasteiger partial charge on any atom is -0.508 e. The first-order chi connectivity index (χ1) is 14.2. The van der Waals surface area contributed by atoms with Crippen molar-refractivity contribution in [3.63, 3.8) is 0 Å². The summed E-state index contributed by atoms with van der Waals surface area (Å²) in [5.41, 5.74) is 4.78. The Kier molecular flexibility index (Phi) is 4.55. The van der Waals surface area contributed by atoms with E-state index in [2.05, 4.69) is 54.3 Å². The Morgan fingerprint density at radius 3 is 2.62 bits per heavy atom. The molecule has 148 valence electrons. The van der Waals surface area contributed by atoms with Gasteiger partial charge in [0.05, 0.1) is 18.8 Å². The van der Waals surface area contributed by atoms with Gasteiger partial charge < -0.3 is 19.5 Å². The molecule has 2 heterocycles. The summed E-state index contributed by atoms with van der Waals surface area (Å²) in [4.78, 5) is 2.37. The Bertz CT molecular complexity index is 1020. The molecule has 2 aliphatic heterocycles. The van der Waals surface area contributed by atoms with Crippen LogP contribution in [0.3, 0.4) is 0 Å². The Morgan fingerprint density at radius 2 is 1.79 bits per heavy atom. The zero-order chi connectivity index (χ0) is 19.8. The van der Waals surface area contributed by atoms with Crippen molar-refractivity contribution in [3.05, 3.63) is 83.4 Å². The summed E-state index contributed by atoms with van der Waals surface area (Å²) in [6.07, 6.45) is 0. The lowest BCUT2D eigenvalue weighted by atomic mass is 9.75. The summed E-state index contributed by atoms with van der Waals surface area (Å²) in [7, 11) is 0. The minimum absolute atomic E-state index is 0.146. The number of phenols is 1. The third kappa shape index (κ3) is 3.19. The van der Waals surface area contributed by atoms with Gasteiger partial charge in [-0.15, -0.1) is 0 Å². The zero-order valence-corrected chi connectivity index (χ0v) is 16.5. The number of likely N-dealkylation sites (N-methyl/N-ethyl adjacent to an activating group) is 1. The number of benzene rings is 3. The Morgan fingerprint density at radius 1 is 0.931 bits per heavy atom.